The predicted molar refractivity (Wildman–Crippen MR) is 75.9 cm³/mol. The molecule has 0 spiro atoms. The van der Waals surface area contributed by atoms with Crippen molar-refractivity contribution in [3.8, 4) is 0 Å². The molecule has 0 aliphatic heterocycles. The molecule has 0 radical (unpaired) electrons. The lowest BCUT2D eigenvalue weighted by Gasteiger charge is -2.25. The van der Waals surface area contributed by atoms with Crippen molar-refractivity contribution >= 4 is 11.9 Å². The number of benzene rings is 1. The smallest absolute Gasteiger partial charge is 0.308 e. The number of carboxylic acids is 1. The van der Waals surface area contributed by atoms with E-state index in [1.54, 1.807) is 11.8 Å². The van der Waals surface area contributed by atoms with Gasteiger partial charge in [-0.3, -0.25) is 9.59 Å². The van der Waals surface area contributed by atoms with Gasteiger partial charge in [-0.1, -0.05) is 44.2 Å². The molecule has 1 N–H and O–H groups in total. The fourth-order valence-electron chi connectivity index (χ4n) is 2.35. The number of aliphatic carboxylic acids is 1. The van der Waals surface area contributed by atoms with Gasteiger partial charge in [0.1, 0.15) is 0 Å². The van der Waals surface area contributed by atoms with E-state index in [1.807, 2.05) is 30.3 Å². The molecule has 0 unspecified atom stereocenters. The van der Waals surface area contributed by atoms with Gasteiger partial charge < -0.3 is 10.0 Å². The minimum atomic E-state index is -0.861. The van der Waals surface area contributed by atoms with Crippen molar-refractivity contribution in [3.05, 3.63) is 35.9 Å². The molecule has 4 heteroatoms. The minimum Gasteiger partial charge on any atom is -0.481 e. The van der Waals surface area contributed by atoms with Crippen molar-refractivity contribution in [2.75, 3.05) is 6.54 Å². The third kappa shape index (κ3) is 3.59. The number of hydrogen-bond acceptors (Lipinski definition) is 2. The molecule has 2 rings (SSSR count). The van der Waals surface area contributed by atoms with Crippen LogP contribution in [-0.4, -0.2) is 28.4 Å². The first-order chi connectivity index (χ1) is 9.49. The number of rotatable bonds is 6. The van der Waals surface area contributed by atoms with Crippen LogP contribution in [0.4, 0.5) is 0 Å². The maximum Gasteiger partial charge on any atom is 0.308 e. The van der Waals surface area contributed by atoms with E-state index in [0.717, 1.165) is 12.0 Å². The SMILES string of the molecule is C[C@H](CN(Cc1ccccc1)C(=O)[C@@H]1C[C@H]1C)C(=O)O. The van der Waals surface area contributed by atoms with Gasteiger partial charge in [-0.15, -0.1) is 0 Å². The molecule has 0 heterocycles. The molecule has 108 valence electrons. The molecule has 1 aliphatic carbocycles. The lowest BCUT2D eigenvalue weighted by molar-refractivity contribution is -0.143. The second-order valence-corrected chi connectivity index (χ2v) is 5.76. The number of hydrogen-bond donors (Lipinski definition) is 1. The number of carbonyl (C=O) groups is 2. The van der Waals surface area contributed by atoms with Crippen LogP contribution < -0.4 is 0 Å². The highest BCUT2D eigenvalue weighted by Crippen LogP contribution is 2.39. The summed E-state index contributed by atoms with van der Waals surface area (Å²) in [6, 6.07) is 9.71. The second-order valence-electron chi connectivity index (χ2n) is 5.76. The first kappa shape index (κ1) is 14.6. The number of carbonyl (C=O) groups excluding carboxylic acids is 1. The molecule has 1 amide bonds. The van der Waals surface area contributed by atoms with E-state index in [-0.39, 0.29) is 18.4 Å². The zero-order valence-corrected chi connectivity index (χ0v) is 12.0. The van der Waals surface area contributed by atoms with E-state index >= 15 is 0 Å². The summed E-state index contributed by atoms with van der Waals surface area (Å²) in [4.78, 5) is 25.1. The molecular weight excluding hydrogens is 254 g/mol. The van der Waals surface area contributed by atoms with Crippen LogP contribution in [0.3, 0.4) is 0 Å². The minimum absolute atomic E-state index is 0.0831. The molecule has 1 saturated carbocycles. The Hall–Kier alpha value is -1.84. The highest BCUT2D eigenvalue weighted by Gasteiger charge is 2.41. The van der Waals surface area contributed by atoms with Crippen molar-refractivity contribution in [1.29, 1.82) is 0 Å². The molecule has 1 fully saturated rings. The van der Waals surface area contributed by atoms with Crippen molar-refractivity contribution in [1.82, 2.24) is 4.90 Å². The number of nitrogens with zero attached hydrogens (tertiary/aromatic N) is 1. The van der Waals surface area contributed by atoms with E-state index in [1.165, 1.54) is 0 Å². The van der Waals surface area contributed by atoms with Crippen molar-refractivity contribution in [3.63, 3.8) is 0 Å². The molecule has 0 aromatic heterocycles. The third-order valence-electron chi connectivity index (χ3n) is 3.87. The molecule has 1 aliphatic rings. The lowest BCUT2D eigenvalue weighted by atomic mass is 10.1. The fraction of sp³-hybridized carbons (Fsp3) is 0.500. The normalized spacial score (nSPS) is 22.1. The van der Waals surface area contributed by atoms with Crippen LogP contribution in [0.1, 0.15) is 25.8 Å². The first-order valence-electron chi connectivity index (χ1n) is 7.04. The standard InChI is InChI=1S/C16H21NO3/c1-11-8-14(11)15(18)17(9-12(2)16(19)20)10-13-6-4-3-5-7-13/h3-7,11-12,14H,8-10H2,1-2H3,(H,19,20)/t11-,12-,14-/m1/s1. The van der Waals surface area contributed by atoms with Gasteiger partial charge >= 0.3 is 5.97 Å². The number of amides is 1. The molecule has 3 atom stereocenters. The zero-order chi connectivity index (χ0) is 14.7. The van der Waals surface area contributed by atoms with Gasteiger partial charge in [0.2, 0.25) is 5.91 Å². The second kappa shape index (κ2) is 6.07. The average Bonchev–Trinajstić information content (AvgIpc) is 3.15. The van der Waals surface area contributed by atoms with Crippen LogP contribution in [0.15, 0.2) is 30.3 Å². The van der Waals surface area contributed by atoms with Gasteiger partial charge in [0.25, 0.3) is 0 Å². The van der Waals surface area contributed by atoms with E-state index in [2.05, 4.69) is 6.92 Å². The Kier molecular flexibility index (Phi) is 4.42. The highest BCUT2D eigenvalue weighted by molar-refractivity contribution is 5.82. The van der Waals surface area contributed by atoms with Gasteiger partial charge in [0.05, 0.1) is 5.92 Å². The first-order valence-corrected chi connectivity index (χ1v) is 7.04. The summed E-state index contributed by atoms with van der Waals surface area (Å²) < 4.78 is 0. The van der Waals surface area contributed by atoms with Gasteiger partial charge in [0, 0.05) is 19.0 Å². The highest BCUT2D eigenvalue weighted by atomic mass is 16.4. The quantitative estimate of drug-likeness (QED) is 0.867. The number of carboxylic acid groups (broad SMARTS) is 1. The summed E-state index contributed by atoms with van der Waals surface area (Å²) in [5.74, 6) is -0.800. The Morgan fingerprint density at radius 1 is 1.35 bits per heavy atom. The molecular formula is C16H21NO3. The monoisotopic (exact) mass is 275 g/mol. The van der Waals surface area contributed by atoms with Crippen LogP contribution in [-0.2, 0) is 16.1 Å². The molecule has 0 bridgehead atoms. The summed E-state index contributed by atoms with van der Waals surface area (Å²) >= 11 is 0. The molecule has 0 saturated heterocycles. The molecule has 1 aromatic carbocycles. The summed E-state index contributed by atoms with van der Waals surface area (Å²) in [6.45, 7) is 4.46. The van der Waals surface area contributed by atoms with Crippen LogP contribution in [0.2, 0.25) is 0 Å². The van der Waals surface area contributed by atoms with Crippen molar-refractivity contribution < 1.29 is 14.7 Å². The van der Waals surface area contributed by atoms with Crippen LogP contribution in [0.25, 0.3) is 0 Å². The van der Waals surface area contributed by atoms with Crippen molar-refractivity contribution in [2.45, 2.75) is 26.8 Å². The summed E-state index contributed by atoms with van der Waals surface area (Å²) in [5.41, 5.74) is 1.03. The molecule has 20 heavy (non-hydrogen) atoms. The predicted octanol–water partition coefficient (Wildman–Crippen LogP) is 2.39. The zero-order valence-electron chi connectivity index (χ0n) is 12.0. The molecule has 4 nitrogen and oxygen atoms in total. The van der Waals surface area contributed by atoms with E-state index in [4.69, 9.17) is 5.11 Å². The topological polar surface area (TPSA) is 57.6 Å². The Labute approximate surface area is 119 Å². The largest absolute Gasteiger partial charge is 0.481 e. The van der Waals surface area contributed by atoms with E-state index in [0.29, 0.717) is 12.5 Å². The van der Waals surface area contributed by atoms with Crippen LogP contribution >= 0.6 is 0 Å². The Bertz CT molecular complexity index is 486. The third-order valence-corrected chi connectivity index (χ3v) is 3.87. The van der Waals surface area contributed by atoms with Crippen molar-refractivity contribution in [2.24, 2.45) is 17.8 Å². The van der Waals surface area contributed by atoms with Gasteiger partial charge in [-0.05, 0) is 17.9 Å². The van der Waals surface area contributed by atoms with Gasteiger partial charge in [-0.2, -0.15) is 0 Å². The van der Waals surface area contributed by atoms with Gasteiger partial charge in [-0.25, -0.2) is 0 Å². The average molecular weight is 275 g/mol. The Morgan fingerprint density at radius 3 is 2.45 bits per heavy atom. The lowest BCUT2D eigenvalue weighted by Crippen LogP contribution is -2.37. The summed E-state index contributed by atoms with van der Waals surface area (Å²) in [6.07, 6.45) is 0.922. The Balaban J connectivity index is 2.07. The molecule has 1 aromatic rings. The Morgan fingerprint density at radius 2 is 1.95 bits per heavy atom. The van der Waals surface area contributed by atoms with Crippen LogP contribution in [0, 0.1) is 17.8 Å². The van der Waals surface area contributed by atoms with E-state index < -0.39 is 11.9 Å². The summed E-state index contributed by atoms with van der Waals surface area (Å²) in [5, 5.41) is 9.05. The fourth-order valence-corrected chi connectivity index (χ4v) is 2.35. The summed E-state index contributed by atoms with van der Waals surface area (Å²) in [7, 11) is 0. The maximum absolute atomic E-state index is 12.4. The maximum atomic E-state index is 12.4. The van der Waals surface area contributed by atoms with Crippen LogP contribution in [0.5, 0.6) is 0 Å². The van der Waals surface area contributed by atoms with Gasteiger partial charge in [0.15, 0.2) is 0 Å². The van der Waals surface area contributed by atoms with E-state index in [9.17, 15) is 9.59 Å².